The normalized spacial score (nSPS) is 10.4. The Balaban J connectivity index is 2.40. The molecule has 0 aliphatic carbocycles. The zero-order valence-corrected chi connectivity index (χ0v) is 10.7. The van der Waals surface area contributed by atoms with E-state index >= 15 is 0 Å². The molecule has 3 N–H and O–H groups in total. The fourth-order valence-corrected chi connectivity index (χ4v) is 1.37. The first-order chi connectivity index (χ1) is 9.11. The minimum atomic E-state index is -0.935. The lowest BCUT2D eigenvalue weighted by atomic mass is 10.2. The van der Waals surface area contributed by atoms with E-state index in [0.29, 0.717) is 17.9 Å². The highest BCUT2D eigenvalue weighted by atomic mass is 16.4. The molecule has 0 atom stereocenters. The predicted octanol–water partition coefficient (Wildman–Crippen LogP) is 1.80. The van der Waals surface area contributed by atoms with Gasteiger partial charge >= 0.3 is 12.0 Å². The van der Waals surface area contributed by atoms with E-state index in [2.05, 4.69) is 15.6 Å². The van der Waals surface area contributed by atoms with Gasteiger partial charge in [0.05, 0.1) is 24.0 Å². The lowest BCUT2D eigenvalue weighted by Gasteiger charge is -2.06. The fourth-order valence-electron chi connectivity index (χ4n) is 1.37. The number of carbonyl (C=O) groups excluding carboxylic acids is 1. The quantitative estimate of drug-likeness (QED) is 0.539. The van der Waals surface area contributed by atoms with Gasteiger partial charge in [0.1, 0.15) is 0 Å². The maximum atomic E-state index is 11.5. The second kappa shape index (κ2) is 7.86. The minimum Gasteiger partial charge on any atom is -0.481 e. The molecule has 0 aliphatic heterocycles. The van der Waals surface area contributed by atoms with Crippen LogP contribution in [0.4, 0.5) is 10.5 Å². The van der Waals surface area contributed by atoms with Crippen molar-refractivity contribution in [2.45, 2.75) is 19.8 Å². The third kappa shape index (κ3) is 6.21. The lowest BCUT2D eigenvalue weighted by Crippen LogP contribution is -2.29. The molecule has 6 nitrogen and oxygen atoms in total. The average molecular weight is 263 g/mol. The molecule has 102 valence electrons. The van der Waals surface area contributed by atoms with Crippen molar-refractivity contribution in [3.63, 3.8) is 0 Å². The maximum absolute atomic E-state index is 11.5. The number of rotatable bonds is 6. The summed E-state index contributed by atoms with van der Waals surface area (Å²) in [5.41, 5.74) is 0.976. The third-order valence-electron chi connectivity index (χ3n) is 2.25. The monoisotopic (exact) mass is 263 g/mol. The van der Waals surface area contributed by atoms with Gasteiger partial charge < -0.3 is 15.7 Å². The van der Waals surface area contributed by atoms with Crippen molar-refractivity contribution in [3.05, 3.63) is 36.2 Å². The van der Waals surface area contributed by atoms with Gasteiger partial charge in [0.25, 0.3) is 0 Å². The van der Waals surface area contributed by atoms with Gasteiger partial charge in [-0.25, -0.2) is 4.79 Å². The molecule has 1 aromatic heterocycles. The van der Waals surface area contributed by atoms with Crippen molar-refractivity contribution in [1.29, 1.82) is 0 Å². The fraction of sp³-hybridized carbons (Fsp3) is 0.308. The zero-order valence-electron chi connectivity index (χ0n) is 10.7. The molecule has 0 unspecified atom stereocenters. The molecule has 0 radical (unpaired) electrons. The number of amides is 2. The number of pyridine rings is 1. The van der Waals surface area contributed by atoms with Gasteiger partial charge in [-0.2, -0.15) is 0 Å². The number of aromatic nitrogens is 1. The number of carboxylic acid groups (broad SMARTS) is 1. The van der Waals surface area contributed by atoms with E-state index in [1.165, 1.54) is 6.20 Å². The van der Waals surface area contributed by atoms with Crippen molar-refractivity contribution < 1.29 is 14.7 Å². The second-order valence-electron chi connectivity index (χ2n) is 3.85. The lowest BCUT2D eigenvalue weighted by molar-refractivity contribution is -0.136. The van der Waals surface area contributed by atoms with Gasteiger partial charge in [0.2, 0.25) is 0 Å². The topological polar surface area (TPSA) is 91.3 Å². The molecule has 0 aliphatic rings. The number of hydrogen-bond acceptors (Lipinski definition) is 3. The van der Waals surface area contributed by atoms with Crippen LogP contribution in [-0.4, -0.2) is 28.6 Å². The van der Waals surface area contributed by atoms with Crippen molar-refractivity contribution in [2.75, 3.05) is 11.9 Å². The van der Waals surface area contributed by atoms with Crippen LogP contribution < -0.4 is 10.6 Å². The van der Waals surface area contributed by atoms with E-state index < -0.39 is 5.97 Å². The first-order valence-corrected chi connectivity index (χ1v) is 5.94. The molecule has 1 heterocycles. The van der Waals surface area contributed by atoms with Crippen LogP contribution in [0.15, 0.2) is 30.5 Å². The summed E-state index contributed by atoms with van der Waals surface area (Å²) in [6, 6.07) is 2.89. The predicted molar refractivity (Wildman–Crippen MR) is 72.0 cm³/mol. The van der Waals surface area contributed by atoms with Gasteiger partial charge in [-0.1, -0.05) is 12.2 Å². The number of anilines is 1. The zero-order chi connectivity index (χ0) is 14.1. The van der Waals surface area contributed by atoms with E-state index in [-0.39, 0.29) is 12.5 Å². The van der Waals surface area contributed by atoms with Crippen molar-refractivity contribution >= 4 is 17.7 Å². The molecule has 0 fully saturated rings. The molecule has 0 aromatic carbocycles. The number of nitrogens with zero attached hydrogens (tertiary/aromatic N) is 1. The summed E-state index contributed by atoms with van der Waals surface area (Å²) in [5, 5.41) is 13.9. The standard InChI is InChI=1S/C13H17N3O3/c1-2-3-4-7-14-13(19)16-11-6-5-10(15-9-11)8-12(17)18/h2-3,5-6,9H,4,7-8H2,1H3,(H,17,18)(H2,14,16,19)/b3-2+. The van der Waals surface area contributed by atoms with E-state index in [1.54, 1.807) is 12.1 Å². The van der Waals surface area contributed by atoms with Gasteiger partial charge in [0.15, 0.2) is 0 Å². The molecule has 0 spiro atoms. The first kappa shape index (κ1) is 14.7. The Morgan fingerprint density at radius 1 is 1.42 bits per heavy atom. The summed E-state index contributed by atoms with van der Waals surface area (Å²) < 4.78 is 0. The summed E-state index contributed by atoms with van der Waals surface area (Å²) in [4.78, 5) is 25.9. The summed E-state index contributed by atoms with van der Waals surface area (Å²) in [6.07, 6.45) is 5.96. The summed E-state index contributed by atoms with van der Waals surface area (Å²) in [7, 11) is 0. The van der Waals surface area contributed by atoms with Crippen LogP contribution in [0.3, 0.4) is 0 Å². The van der Waals surface area contributed by atoms with Gasteiger partial charge in [-0.15, -0.1) is 0 Å². The molecule has 19 heavy (non-hydrogen) atoms. The molecule has 0 saturated heterocycles. The number of urea groups is 1. The second-order valence-corrected chi connectivity index (χ2v) is 3.85. The Kier molecular flexibility index (Phi) is 6.08. The van der Waals surface area contributed by atoms with Crippen LogP contribution in [0.25, 0.3) is 0 Å². The SMILES string of the molecule is C/C=C/CCNC(=O)Nc1ccc(CC(=O)O)nc1. The first-order valence-electron chi connectivity index (χ1n) is 5.94. The van der Waals surface area contributed by atoms with Crippen molar-refractivity contribution in [3.8, 4) is 0 Å². The highest BCUT2D eigenvalue weighted by Crippen LogP contribution is 2.06. The summed E-state index contributed by atoms with van der Waals surface area (Å²) in [5.74, 6) is -0.935. The van der Waals surface area contributed by atoms with Crippen LogP contribution in [0, 0.1) is 0 Å². The number of aliphatic carboxylic acids is 1. The van der Waals surface area contributed by atoms with Crippen LogP contribution in [-0.2, 0) is 11.2 Å². The molecule has 0 bridgehead atoms. The van der Waals surface area contributed by atoms with Crippen LogP contribution >= 0.6 is 0 Å². The summed E-state index contributed by atoms with van der Waals surface area (Å²) >= 11 is 0. The summed E-state index contributed by atoms with van der Waals surface area (Å²) in [6.45, 7) is 2.48. The van der Waals surface area contributed by atoms with Crippen molar-refractivity contribution in [1.82, 2.24) is 10.3 Å². The Morgan fingerprint density at radius 3 is 2.79 bits per heavy atom. The average Bonchev–Trinajstić information content (AvgIpc) is 2.36. The van der Waals surface area contributed by atoms with E-state index in [4.69, 9.17) is 5.11 Å². The Morgan fingerprint density at radius 2 is 2.21 bits per heavy atom. The highest BCUT2D eigenvalue weighted by molar-refractivity contribution is 5.89. The molecule has 0 saturated carbocycles. The third-order valence-corrected chi connectivity index (χ3v) is 2.25. The van der Waals surface area contributed by atoms with Gasteiger partial charge in [-0.3, -0.25) is 9.78 Å². The smallest absolute Gasteiger partial charge is 0.319 e. The molecular weight excluding hydrogens is 246 g/mol. The van der Waals surface area contributed by atoms with Crippen LogP contribution in [0.1, 0.15) is 19.0 Å². The Bertz CT molecular complexity index is 455. The van der Waals surface area contributed by atoms with E-state index in [0.717, 1.165) is 6.42 Å². The highest BCUT2D eigenvalue weighted by Gasteiger charge is 2.03. The van der Waals surface area contributed by atoms with Crippen LogP contribution in [0.5, 0.6) is 0 Å². The molecule has 1 aromatic rings. The van der Waals surface area contributed by atoms with Gasteiger partial charge in [0, 0.05) is 6.54 Å². The Labute approximate surface area is 111 Å². The number of allylic oxidation sites excluding steroid dienone is 1. The number of hydrogen-bond donors (Lipinski definition) is 3. The number of nitrogens with one attached hydrogen (secondary N) is 2. The number of carbonyl (C=O) groups is 2. The Hall–Kier alpha value is -2.37. The molecule has 6 heteroatoms. The van der Waals surface area contributed by atoms with Crippen LogP contribution in [0.2, 0.25) is 0 Å². The van der Waals surface area contributed by atoms with E-state index in [9.17, 15) is 9.59 Å². The minimum absolute atomic E-state index is 0.129. The van der Waals surface area contributed by atoms with Gasteiger partial charge in [-0.05, 0) is 25.5 Å². The van der Waals surface area contributed by atoms with Crippen molar-refractivity contribution in [2.24, 2.45) is 0 Å². The molecular formula is C13H17N3O3. The molecule has 2 amide bonds. The van der Waals surface area contributed by atoms with E-state index in [1.807, 2.05) is 19.1 Å². The number of carboxylic acids is 1. The molecule has 1 rings (SSSR count). The maximum Gasteiger partial charge on any atom is 0.319 e. The largest absolute Gasteiger partial charge is 0.481 e.